The lowest BCUT2D eigenvalue weighted by atomic mass is 9.88. The second-order valence-electron chi connectivity index (χ2n) is 7.17. The van der Waals surface area contributed by atoms with Crippen LogP contribution in [0.25, 0.3) is 0 Å². The number of ketones is 1. The summed E-state index contributed by atoms with van der Waals surface area (Å²) in [5, 5.41) is 4.62. The molecule has 3 aromatic carbocycles. The smallest absolute Gasteiger partial charge is 0.249 e. The van der Waals surface area contributed by atoms with Crippen LogP contribution in [-0.4, -0.2) is 9.58 Å². The highest BCUT2D eigenvalue weighted by molar-refractivity contribution is 7.76. The third kappa shape index (κ3) is 5.61. The zero-order chi connectivity index (χ0) is 22.5. The molecule has 0 radical (unpaired) electrons. The summed E-state index contributed by atoms with van der Waals surface area (Å²) in [7, 11) is -3.34. The van der Waals surface area contributed by atoms with Gasteiger partial charge in [0.1, 0.15) is 0 Å². The van der Waals surface area contributed by atoms with Crippen LogP contribution in [0.3, 0.4) is 0 Å². The van der Waals surface area contributed by atoms with Gasteiger partial charge in [-0.1, -0.05) is 108 Å². The maximum absolute atomic E-state index is 14.6. The second kappa shape index (κ2) is 10.3. The molecule has 31 heavy (non-hydrogen) atoms. The van der Waals surface area contributed by atoms with E-state index in [-0.39, 0.29) is 0 Å². The Kier molecular flexibility index (Phi) is 8.02. The van der Waals surface area contributed by atoms with Crippen LogP contribution in [-0.2, 0) is 9.36 Å². The van der Waals surface area contributed by atoms with Crippen LogP contribution in [0, 0.1) is 5.92 Å². The summed E-state index contributed by atoms with van der Waals surface area (Å²) in [6.07, 6.45) is 0.406. The standard InChI is InChI=1S/C24H23Cl3NO2P/c1-2-21(23(29)24(25,26)27)22(18-12-6-3-7-13-18)28-31(30,19-14-8-4-9-15-19)20-16-10-5-11-17-20/h3-17,21-22H,2H2,1H3,(H,28,30)/t21-,22+/m1/s1. The number of hydrogen-bond donors (Lipinski definition) is 1. The summed E-state index contributed by atoms with van der Waals surface area (Å²) in [5.41, 5.74) is 0.795. The number of halogens is 3. The largest absolute Gasteiger partial charge is 0.297 e. The van der Waals surface area contributed by atoms with Gasteiger partial charge in [-0.3, -0.25) is 14.4 Å². The minimum atomic E-state index is -3.34. The van der Waals surface area contributed by atoms with Crippen molar-refractivity contribution in [3.8, 4) is 0 Å². The van der Waals surface area contributed by atoms with Crippen LogP contribution in [0.4, 0.5) is 0 Å². The normalized spacial score (nSPS) is 14.1. The fourth-order valence-corrected chi connectivity index (χ4v) is 6.53. The Balaban J connectivity index is 2.16. The molecular formula is C24H23Cl3NO2P. The molecule has 3 nitrogen and oxygen atoms in total. The van der Waals surface area contributed by atoms with E-state index < -0.39 is 28.8 Å². The van der Waals surface area contributed by atoms with E-state index >= 15 is 0 Å². The highest BCUT2D eigenvalue weighted by atomic mass is 35.6. The van der Waals surface area contributed by atoms with Gasteiger partial charge >= 0.3 is 0 Å². The first-order valence-corrected chi connectivity index (χ1v) is 12.8. The molecule has 0 spiro atoms. The monoisotopic (exact) mass is 493 g/mol. The molecule has 0 amide bonds. The zero-order valence-corrected chi connectivity index (χ0v) is 20.1. The van der Waals surface area contributed by atoms with E-state index in [1.165, 1.54) is 0 Å². The van der Waals surface area contributed by atoms with E-state index in [9.17, 15) is 9.36 Å². The van der Waals surface area contributed by atoms with E-state index in [4.69, 9.17) is 34.8 Å². The van der Waals surface area contributed by atoms with Crippen molar-refractivity contribution in [3.63, 3.8) is 0 Å². The molecule has 0 aliphatic carbocycles. The van der Waals surface area contributed by atoms with Gasteiger partial charge in [-0.05, 0) is 36.2 Å². The summed E-state index contributed by atoms with van der Waals surface area (Å²) < 4.78 is 12.5. The van der Waals surface area contributed by atoms with E-state index in [2.05, 4.69) is 5.09 Å². The first-order chi connectivity index (χ1) is 14.8. The SMILES string of the molecule is CC[C@@H](C(=O)C(Cl)(Cl)Cl)[C@@H](NP(=O)(c1ccccc1)c1ccccc1)c1ccccc1. The fraction of sp³-hybridized carbons (Fsp3) is 0.208. The van der Waals surface area contributed by atoms with Crippen LogP contribution in [0.15, 0.2) is 91.0 Å². The lowest BCUT2D eigenvalue weighted by Crippen LogP contribution is -2.40. The Morgan fingerprint density at radius 1 is 0.839 bits per heavy atom. The summed E-state index contributed by atoms with van der Waals surface area (Å²) in [6, 6.07) is 27.1. The molecule has 7 heteroatoms. The lowest BCUT2D eigenvalue weighted by Gasteiger charge is -2.33. The van der Waals surface area contributed by atoms with Crippen molar-refractivity contribution >= 4 is 58.5 Å². The van der Waals surface area contributed by atoms with Crippen LogP contribution < -0.4 is 15.7 Å². The summed E-state index contributed by atoms with van der Waals surface area (Å²) in [6.45, 7) is 1.85. The van der Waals surface area contributed by atoms with Crippen molar-refractivity contribution in [2.24, 2.45) is 5.92 Å². The minimum Gasteiger partial charge on any atom is -0.297 e. The number of benzene rings is 3. The molecule has 1 N–H and O–H groups in total. The van der Waals surface area contributed by atoms with E-state index in [1.54, 1.807) is 0 Å². The first-order valence-electron chi connectivity index (χ1n) is 9.92. The van der Waals surface area contributed by atoms with Crippen molar-refractivity contribution < 1.29 is 9.36 Å². The Bertz CT molecular complexity index is 997. The maximum Gasteiger partial charge on any atom is 0.249 e. The van der Waals surface area contributed by atoms with Crippen molar-refractivity contribution in [2.75, 3.05) is 0 Å². The Labute approximate surface area is 198 Å². The number of Topliss-reactive ketones (excluding diaryl/α,β-unsaturated/α-hetero) is 1. The van der Waals surface area contributed by atoms with Gasteiger partial charge in [-0.25, -0.2) is 0 Å². The lowest BCUT2D eigenvalue weighted by molar-refractivity contribution is -0.122. The molecule has 0 heterocycles. The Morgan fingerprint density at radius 2 is 1.26 bits per heavy atom. The molecule has 0 saturated carbocycles. The maximum atomic E-state index is 14.6. The molecular weight excluding hydrogens is 472 g/mol. The average Bonchev–Trinajstić information content (AvgIpc) is 2.80. The number of hydrogen-bond acceptors (Lipinski definition) is 2. The predicted octanol–water partition coefficient (Wildman–Crippen LogP) is 6.21. The molecule has 3 aromatic rings. The van der Waals surface area contributed by atoms with Crippen molar-refractivity contribution in [1.29, 1.82) is 0 Å². The quantitative estimate of drug-likeness (QED) is 0.299. The van der Waals surface area contributed by atoms with Gasteiger partial charge in [0.15, 0.2) is 5.78 Å². The van der Waals surface area contributed by atoms with Gasteiger partial charge in [-0.2, -0.15) is 0 Å². The number of carbonyl (C=O) groups excluding carboxylic acids is 1. The number of alkyl halides is 3. The molecule has 0 unspecified atom stereocenters. The first kappa shape index (κ1) is 24.0. The number of nitrogens with one attached hydrogen (secondary N) is 1. The second-order valence-corrected chi connectivity index (χ2v) is 12.0. The summed E-state index contributed by atoms with van der Waals surface area (Å²) >= 11 is 17.9. The fourth-order valence-electron chi connectivity index (χ4n) is 3.61. The molecule has 0 fully saturated rings. The van der Waals surface area contributed by atoms with Gasteiger partial charge in [0.25, 0.3) is 0 Å². The molecule has 0 bridgehead atoms. The van der Waals surface area contributed by atoms with E-state index in [0.29, 0.717) is 17.0 Å². The Hall–Kier alpha value is -1.61. The molecule has 162 valence electrons. The van der Waals surface area contributed by atoms with Gasteiger partial charge in [0.2, 0.25) is 11.1 Å². The molecule has 0 saturated heterocycles. The Morgan fingerprint density at radius 3 is 1.65 bits per heavy atom. The molecule has 0 aromatic heterocycles. The van der Waals surface area contributed by atoms with Crippen LogP contribution in [0.2, 0.25) is 0 Å². The number of carbonyl (C=O) groups is 1. The van der Waals surface area contributed by atoms with Crippen molar-refractivity contribution in [1.82, 2.24) is 5.09 Å². The average molecular weight is 495 g/mol. The van der Waals surface area contributed by atoms with Gasteiger partial charge < -0.3 is 0 Å². The van der Waals surface area contributed by atoms with E-state index in [0.717, 1.165) is 5.56 Å². The summed E-state index contributed by atoms with van der Waals surface area (Å²) in [4.78, 5) is 13.0. The van der Waals surface area contributed by atoms with E-state index in [1.807, 2.05) is 97.9 Å². The van der Waals surface area contributed by atoms with Crippen molar-refractivity contribution in [3.05, 3.63) is 96.6 Å². The molecule has 0 aliphatic rings. The van der Waals surface area contributed by atoms with Crippen LogP contribution in [0.5, 0.6) is 0 Å². The van der Waals surface area contributed by atoms with Crippen LogP contribution in [0.1, 0.15) is 24.9 Å². The third-order valence-electron chi connectivity index (χ3n) is 5.18. The highest BCUT2D eigenvalue weighted by Gasteiger charge is 2.42. The van der Waals surface area contributed by atoms with Gasteiger partial charge in [0, 0.05) is 22.6 Å². The molecule has 2 atom stereocenters. The highest BCUT2D eigenvalue weighted by Crippen LogP contribution is 2.45. The van der Waals surface area contributed by atoms with Gasteiger partial charge in [0.05, 0.1) is 0 Å². The van der Waals surface area contributed by atoms with Crippen molar-refractivity contribution in [2.45, 2.75) is 23.2 Å². The van der Waals surface area contributed by atoms with Gasteiger partial charge in [-0.15, -0.1) is 0 Å². The summed E-state index contributed by atoms with van der Waals surface area (Å²) in [5.74, 6) is -1.23. The topological polar surface area (TPSA) is 46.2 Å². The number of rotatable bonds is 8. The van der Waals surface area contributed by atoms with Crippen LogP contribution >= 0.6 is 42.1 Å². The third-order valence-corrected chi connectivity index (χ3v) is 8.43. The molecule has 3 rings (SSSR count). The molecule has 0 aliphatic heterocycles. The predicted molar refractivity (Wildman–Crippen MR) is 131 cm³/mol. The minimum absolute atomic E-state index is 0.406. The zero-order valence-electron chi connectivity index (χ0n) is 16.9.